The number of anilines is 1. The largest absolute Gasteiger partial charge is 0.494 e. The highest BCUT2D eigenvalue weighted by Crippen LogP contribution is 2.25. The Labute approximate surface area is 140 Å². The van der Waals surface area contributed by atoms with Gasteiger partial charge in [0.05, 0.1) is 11.5 Å². The van der Waals surface area contributed by atoms with Gasteiger partial charge < -0.3 is 10.1 Å². The summed E-state index contributed by atoms with van der Waals surface area (Å²) < 4.78 is 5.58. The van der Waals surface area contributed by atoms with Gasteiger partial charge in [0.15, 0.2) is 0 Å². The van der Waals surface area contributed by atoms with E-state index in [9.17, 15) is 14.9 Å². The topological polar surface area (TPSA) is 81.5 Å². The molecule has 0 saturated carbocycles. The van der Waals surface area contributed by atoms with Crippen LogP contribution in [0.25, 0.3) is 0 Å². The van der Waals surface area contributed by atoms with E-state index in [1.54, 1.807) is 19.1 Å². The van der Waals surface area contributed by atoms with Crippen LogP contribution in [0.5, 0.6) is 5.75 Å². The second-order valence-corrected chi connectivity index (χ2v) is 5.59. The number of carbonyl (C=O) groups is 1. The molecule has 0 atom stereocenters. The maximum absolute atomic E-state index is 11.9. The Morgan fingerprint density at radius 1 is 1.17 bits per heavy atom. The van der Waals surface area contributed by atoms with E-state index >= 15 is 0 Å². The minimum atomic E-state index is -0.497. The average molecular weight is 328 g/mol. The highest BCUT2D eigenvalue weighted by atomic mass is 16.6. The Kier molecular flexibility index (Phi) is 5.89. The molecule has 0 aliphatic rings. The van der Waals surface area contributed by atoms with Crippen LogP contribution in [0.15, 0.2) is 42.5 Å². The molecule has 126 valence electrons. The van der Waals surface area contributed by atoms with E-state index in [0.29, 0.717) is 13.0 Å². The van der Waals surface area contributed by atoms with Crippen LogP contribution >= 0.6 is 0 Å². The van der Waals surface area contributed by atoms with E-state index in [1.807, 2.05) is 31.2 Å². The van der Waals surface area contributed by atoms with Gasteiger partial charge in [-0.3, -0.25) is 14.9 Å². The number of nitro benzene ring substituents is 1. The second kappa shape index (κ2) is 8.10. The molecule has 0 aromatic heterocycles. The van der Waals surface area contributed by atoms with Gasteiger partial charge in [0.2, 0.25) is 5.91 Å². The Bertz CT molecular complexity index is 744. The third-order valence-electron chi connectivity index (χ3n) is 3.43. The standard InChI is InChI=1S/C18H20N2O4/c1-13-5-3-6-15(11-13)24-10-4-7-18(21)19-16-9-8-14(2)12-17(16)20(22)23/h3,5-6,8-9,11-12H,4,7,10H2,1-2H3,(H,19,21). The van der Waals surface area contributed by atoms with Gasteiger partial charge in [0.25, 0.3) is 5.69 Å². The summed E-state index contributed by atoms with van der Waals surface area (Å²) >= 11 is 0. The summed E-state index contributed by atoms with van der Waals surface area (Å²) in [4.78, 5) is 22.5. The van der Waals surface area contributed by atoms with E-state index in [0.717, 1.165) is 16.9 Å². The predicted molar refractivity (Wildman–Crippen MR) is 92.4 cm³/mol. The van der Waals surface area contributed by atoms with E-state index in [1.165, 1.54) is 6.07 Å². The van der Waals surface area contributed by atoms with E-state index < -0.39 is 4.92 Å². The number of nitro groups is 1. The van der Waals surface area contributed by atoms with Gasteiger partial charge in [0.1, 0.15) is 11.4 Å². The van der Waals surface area contributed by atoms with Gasteiger partial charge in [-0.05, 0) is 49.6 Å². The number of nitrogens with one attached hydrogen (secondary N) is 1. The van der Waals surface area contributed by atoms with Crippen LogP contribution in [0.1, 0.15) is 24.0 Å². The number of aryl methyl sites for hydroxylation is 2. The second-order valence-electron chi connectivity index (χ2n) is 5.59. The number of hydrogen-bond acceptors (Lipinski definition) is 4. The molecule has 1 N–H and O–H groups in total. The molecule has 6 nitrogen and oxygen atoms in total. The minimum Gasteiger partial charge on any atom is -0.494 e. The quantitative estimate of drug-likeness (QED) is 0.473. The third kappa shape index (κ3) is 5.08. The first-order valence-electron chi connectivity index (χ1n) is 7.70. The zero-order chi connectivity index (χ0) is 17.5. The van der Waals surface area contributed by atoms with Crippen LogP contribution < -0.4 is 10.1 Å². The van der Waals surface area contributed by atoms with Crippen LogP contribution in [0.3, 0.4) is 0 Å². The summed E-state index contributed by atoms with van der Waals surface area (Å²) in [6, 6.07) is 12.4. The van der Waals surface area contributed by atoms with Gasteiger partial charge in [-0.2, -0.15) is 0 Å². The Morgan fingerprint density at radius 3 is 2.62 bits per heavy atom. The number of rotatable bonds is 7. The zero-order valence-corrected chi connectivity index (χ0v) is 13.7. The molecule has 0 heterocycles. The van der Waals surface area contributed by atoms with Gasteiger partial charge >= 0.3 is 0 Å². The number of nitrogens with zero attached hydrogens (tertiary/aromatic N) is 1. The van der Waals surface area contributed by atoms with Crippen molar-refractivity contribution in [2.24, 2.45) is 0 Å². The number of benzene rings is 2. The lowest BCUT2D eigenvalue weighted by Gasteiger charge is -2.08. The van der Waals surface area contributed by atoms with Gasteiger partial charge in [-0.25, -0.2) is 0 Å². The van der Waals surface area contributed by atoms with E-state index in [2.05, 4.69) is 5.32 Å². The van der Waals surface area contributed by atoms with E-state index in [4.69, 9.17) is 4.74 Å². The monoisotopic (exact) mass is 328 g/mol. The SMILES string of the molecule is Cc1cccc(OCCCC(=O)Nc2ccc(C)cc2[N+](=O)[O-])c1. The fraction of sp³-hybridized carbons (Fsp3) is 0.278. The first kappa shape index (κ1) is 17.5. The summed E-state index contributed by atoms with van der Waals surface area (Å²) in [5, 5.41) is 13.6. The molecule has 6 heteroatoms. The van der Waals surface area contributed by atoms with Crippen LogP contribution in [0, 0.1) is 24.0 Å². The van der Waals surface area contributed by atoms with Crippen molar-refractivity contribution in [3.63, 3.8) is 0 Å². The number of amides is 1. The first-order chi connectivity index (χ1) is 11.5. The summed E-state index contributed by atoms with van der Waals surface area (Å²) in [6.45, 7) is 4.16. The van der Waals surface area contributed by atoms with Crippen molar-refractivity contribution >= 4 is 17.3 Å². The van der Waals surface area contributed by atoms with Crippen molar-refractivity contribution in [2.45, 2.75) is 26.7 Å². The van der Waals surface area contributed by atoms with Gasteiger partial charge in [0, 0.05) is 12.5 Å². The smallest absolute Gasteiger partial charge is 0.293 e. The van der Waals surface area contributed by atoms with Gasteiger partial charge in [-0.1, -0.05) is 18.2 Å². The third-order valence-corrected chi connectivity index (χ3v) is 3.43. The molecule has 0 aliphatic heterocycles. The molecular formula is C18H20N2O4. The van der Waals surface area contributed by atoms with Crippen molar-refractivity contribution in [3.8, 4) is 5.75 Å². The highest BCUT2D eigenvalue weighted by Gasteiger charge is 2.15. The molecule has 0 unspecified atom stereocenters. The molecule has 1 amide bonds. The lowest BCUT2D eigenvalue weighted by Crippen LogP contribution is -2.14. The molecule has 2 aromatic carbocycles. The van der Waals surface area contributed by atoms with Gasteiger partial charge in [-0.15, -0.1) is 0 Å². The molecule has 24 heavy (non-hydrogen) atoms. The van der Waals surface area contributed by atoms with Crippen molar-refractivity contribution in [3.05, 3.63) is 63.7 Å². The summed E-state index contributed by atoms with van der Waals surface area (Å²) in [7, 11) is 0. The van der Waals surface area contributed by atoms with Crippen molar-refractivity contribution in [1.82, 2.24) is 0 Å². The summed E-state index contributed by atoms with van der Waals surface area (Å²) in [5.41, 5.74) is 2.00. The van der Waals surface area contributed by atoms with Crippen LogP contribution in [-0.4, -0.2) is 17.4 Å². The van der Waals surface area contributed by atoms with Crippen LogP contribution in [0.4, 0.5) is 11.4 Å². The minimum absolute atomic E-state index is 0.0978. The Hall–Kier alpha value is -2.89. The van der Waals surface area contributed by atoms with Crippen molar-refractivity contribution < 1.29 is 14.5 Å². The molecule has 0 aliphatic carbocycles. The maximum atomic E-state index is 11.9. The summed E-state index contributed by atoms with van der Waals surface area (Å²) in [5.74, 6) is 0.499. The molecule has 0 fully saturated rings. The summed E-state index contributed by atoms with van der Waals surface area (Å²) in [6.07, 6.45) is 0.760. The number of hydrogen-bond donors (Lipinski definition) is 1. The molecule has 0 bridgehead atoms. The Balaban J connectivity index is 1.82. The van der Waals surface area contributed by atoms with Crippen LogP contribution in [0.2, 0.25) is 0 Å². The number of carbonyl (C=O) groups excluding carboxylic acids is 1. The fourth-order valence-electron chi connectivity index (χ4n) is 2.24. The molecule has 0 saturated heterocycles. The Morgan fingerprint density at radius 2 is 1.92 bits per heavy atom. The lowest BCUT2D eigenvalue weighted by molar-refractivity contribution is -0.384. The maximum Gasteiger partial charge on any atom is 0.293 e. The average Bonchev–Trinajstić information content (AvgIpc) is 2.53. The highest BCUT2D eigenvalue weighted by molar-refractivity contribution is 5.93. The lowest BCUT2D eigenvalue weighted by atomic mass is 10.2. The molecule has 2 aromatic rings. The molecular weight excluding hydrogens is 308 g/mol. The zero-order valence-electron chi connectivity index (χ0n) is 13.7. The van der Waals surface area contributed by atoms with Crippen LogP contribution in [-0.2, 0) is 4.79 Å². The van der Waals surface area contributed by atoms with Crippen molar-refractivity contribution in [2.75, 3.05) is 11.9 Å². The first-order valence-corrected chi connectivity index (χ1v) is 7.70. The van der Waals surface area contributed by atoms with Crippen molar-refractivity contribution in [1.29, 1.82) is 0 Å². The molecule has 0 radical (unpaired) electrons. The fourth-order valence-corrected chi connectivity index (χ4v) is 2.24. The molecule has 2 rings (SSSR count). The van der Waals surface area contributed by atoms with E-state index in [-0.39, 0.29) is 23.7 Å². The normalized spacial score (nSPS) is 10.2. The predicted octanol–water partition coefficient (Wildman–Crippen LogP) is 4.01. The molecule has 0 spiro atoms. The number of ether oxygens (including phenoxy) is 1.